The van der Waals surface area contributed by atoms with E-state index in [1.54, 1.807) is 0 Å². The number of aliphatic imine (C=N–C) groups is 1. The first-order valence-corrected chi connectivity index (χ1v) is 12.0. The first kappa shape index (κ1) is 23.3. The smallest absolute Gasteiger partial charge is 0.161 e. The van der Waals surface area contributed by atoms with Crippen LogP contribution in [0.1, 0.15) is 5.56 Å². The van der Waals surface area contributed by atoms with Gasteiger partial charge in [0, 0.05) is 11.6 Å². The maximum atomic E-state index is 5.98. The second kappa shape index (κ2) is 11.8. The van der Waals surface area contributed by atoms with Gasteiger partial charge in [0.1, 0.15) is 13.2 Å². The predicted molar refractivity (Wildman–Crippen MR) is 139 cm³/mol. The molecule has 4 aromatic rings. The SMILES string of the molecule is C(=Nc1cccc2cc3ccccc3cc12)c1ccc2c(c1)OCCOCCOCCOCCO2. The van der Waals surface area contributed by atoms with E-state index in [1.165, 1.54) is 16.2 Å². The van der Waals surface area contributed by atoms with E-state index < -0.39 is 0 Å². The van der Waals surface area contributed by atoms with Gasteiger partial charge in [0.2, 0.25) is 0 Å². The molecule has 0 saturated heterocycles. The molecule has 5 rings (SSSR count). The summed E-state index contributed by atoms with van der Waals surface area (Å²) in [6.45, 7) is 3.97. The van der Waals surface area contributed by atoms with E-state index >= 15 is 0 Å². The Labute approximate surface area is 205 Å². The largest absolute Gasteiger partial charge is 0.487 e. The van der Waals surface area contributed by atoms with Gasteiger partial charge in [-0.3, -0.25) is 4.99 Å². The van der Waals surface area contributed by atoms with Crippen molar-refractivity contribution >= 4 is 33.4 Å². The quantitative estimate of drug-likeness (QED) is 0.283. The summed E-state index contributed by atoms with van der Waals surface area (Å²) in [5.74, 6) is 1.33. The van der Waals surface area contributed by atoms with E-state index in [4.69, 9.17) is 28.7 Å². The van der Waals surface area contributed by atoms with Crippen LogP contribution < -0.4 is 9.47 Å². The van der Waals surface area contributed by atoms with E-state index in [0.717, 1.165) is 16.6 Å². The molecular weight excluding hydrogens is 442 g/mol. The molecule has 6 nitrogen and oxygen atoms in total. The van der Waals surface area contributed by atoms with Crippen LogP contribution in [0.15, 0.2) is 77.8 Å². The third kappa shape index (κ3) is 6.17. The van der Waals surface area contributed by atoms with Gasteiger partial charge in [-0.2, -0.15) is 0 Å². The van der Waals surface area contributed by atoms with E-state index in [1.807, 2.05) is 36.5 Å². The summed E-state index contributed by atoms with van der Waals surface area (Å²) >= 11 is 0. The Balaban J connectivity index is 1.37. The normalized spacial score (nSPS) is 16.2. The van der Waals surface area contributed by atoms with Gasteiger partial charge in [0.25, 0.3) is 0 Å². The number of hydrogen-bond acceptors (Lipinski definition) is 6. The fourth-order valence-corrected chi connectivity index (χ4v) is 4.01. The van der Waals surface area contributed by atoms with Crippen LogP contribution in [-0.4, -0.2) is 59.1 Å². The number of hydrogen-bond donors (Lipinski definition) is 0. The monoisotopic (exact) mass is 471 g/mol. The number of fused-ring (bicyclic) bond motifs is 3. The summed E-state index contributed by atoms with van der Waals surface area (Å²) in [5.41, 5.74) is 1.85. The fraction of sp³-hybridized carbons (Fsp3) is 0.276. The molecule has 0 atom stereocenters. The molecule has 0 aromatic heterocycles. The van der Waals surface area contributed by atoms with Gasteiger partial charge in [-0.1, -0.05) is 36.4 Å². The lowest BCUT2D eigenvalue weighted by Crippen LogP contribution is -2.13. The highest BCUT2D eigenvalue weighted by molar-refractivity contribution is 6.03. The molecule has 4 aromatic carbocycles. The molecule has 1 heterocycles. The van der Waals surface area contributed by atoms with Crippen LogP contribution in [0.3, 0.4) is 0 Å². The Hall–Kier alpha value is -3.45. The van der Waals surface area contributed by atoms with Crippen LogP contribution in [0.5, 0.6) is 11.5 Å². The highest BCUT2D eigenvalue weighted by Crippen LogP contribution is 2.31. The lowest BCUT2D eigenvalue weighted by atomic mass is 10.0. The topological polar surface area (TPSA) is 58.5 Å². The highest BCUT2D eigenvalue weighted by Gasteiger charge is 2.08. The van der Waals surface area contributed by atoms with E-state index in [9.17, 15) is 0 Å². The standard InChI is InChI=1S/C29H29NO5/c1-2-5-24-20-26-25(19-23(24)4-1)6-3-7-27(26)30-21-22-8-9-28-29(18-22)35-17-15-33-13-11-31-10-12-32-14-16-34-28/h1-9,18-21H,10-17H2. The molecule has 0 fully saturated rings. The van der Waals surface area contributed by atoms with Gasteiger partial charge in [-0.25, -0.2) is 0 Å². The molecular formula is C29H29NO5. The maximum Gasteiger partial charge on any atom is 0.161 e. The Morgan fingerprint density at radius 3 is 1.91 bits per heavy atom. The molecule has 0 radical (unpaired) electrons. The maximum absolute atomic E-state index is 5.98. The van der Waals surface area contributed by atoms with E-state index in [0.29, 0.717) is 64.4 Å². The molecule has 0 bridgehead atoms. The summed E-state index contributed by atoms with van der Waals surface area (Å²) in [5, 5.41) is 4.72. The first-order valence-electron chi connectivity index (χ1n) is 12.0. The predicted octanol–water partition coefficient (Wildman–Crippen LogP) is 5.56. The van der Waals surface area contributed by atoms with E-state index in [2.05, 4.69) is 42.5 Å². The summed E-state index contributed by atoms with van der Waals surface area (Å²) in [7, 11) is 0. The lowest BCUT2D eigenvalue weighted by molar-refractivity contribution is 0.00708. The summed E-state index contributed by atoms with van der Waals surface area (Å²) in [6.07, 6.45) is 1.86. The van der Waals surface area contributed by atoms with Crippen LogP contribution in [0.25, 0.3) is 21.5 Å². The Kier molecular flexibility index (Phi) is 7.85. The molecule has 1 aliphatic rings. The number of rotatable bonds is 2. The van der Waals surface area contributed by atoms with Gasteiger partial charge in [0.05, 0.1) is 45.3 Å². The van der Waals surface area contributed by atoms with Crippen molar-refractivity contribution in [3.05, 3.63) is 78.4 Å². The third-order valence-corrected chi connectivity index (χ3v) is 5.76. The Bertz CT molecular complexity index is 1300. The molecule has 6 heteroatoms. The van der Waals surface area contributed by atoms with Crippen molar-refractivity contribution in [3.8, 4) is 11.5 Å². The lowest BCUT2D eigenvalue weighted by Gasteiger charge is -2.13. The number of benzene rings is 4. The summed E-state index contributed by atoms with van der Waals surface area (Å²) in [4.78, 5) is 4.82. The second-order valence-corrected chi connectivity index (χ2v) is 8.20. The number of ether oxygens (including phenoxy) is 5. The van der Waals surface area contributed by atoms with Gasteiger partial charge >= 0.3 is 0 Å². The molecule has 0 spiro atoms. The van der Waals surface area contributed by atoms with Crippen molar-refractivity contribution in [1.29, 1.82) is 0 Å². The zero-order valence-electron chi connectivity index (χ0n) is 19.7. The molecule has 1 aliphatic heterocycles. The minimum atomic E-state index is 0.420. The Morgan fingerprint density at radius 2 is 1.17 bits per heavy atom. The van der Waals surface area contributed by atoms with E-state index in [-0.39, 0.29) is 0 Å². The minimum Gasteiger partial charge on any atom is -0.487 e. The zero-order chi connectivity index (χ0) is 23.7. The Morgan fingerprint density at radius 1 is 0.543 bits per heavy atom. The van der Waals surface area contributed by atoms with Crippen molar-refractivity contribution < 1.29 is 23.7 Å². The molecule has 0 saturated carbocycles. The van der Waals surface area contributed by atoms with Crippen molar-refractivity contribution in [2.45, 2.75) is 0 Å². The second-order valence-electron chi connectivity index (χ2n) is 8.20. The molecule has 0 aliphatic carbocycles. The average Bonchev–Trinajstić information content (AvgIpc) is 2.90. The van der Waals surface area contributed by atoms with Gasteiger partial charge in [-0.05, 0) is 58.1 Å². The van der Waals surface area contributed by atoms with Crippen LogP contribution in [0, 0.1) is 0 Å². The fourth-order valence-electron chi connectivity index (χ4n) is 4.01. The summed E-state index contributed by atoms with van der Waals surface area (Å²) < 4.78 is 28.5. The van der Waals surface area contributed by atoms with Crippen LogP contribution in [0.4, 0.5) is 5.69 Å². The molecule has 0 amide bonds. The first-order chi connectivity index (χ1) is 17.4. The van der Waals surface area contributed by atoms with Crippen LogP contribution >= 0.6 is 0 Å². The van der Waals surface area contributed by atoms with Gasteiger partial charge in [0.15, 0.2) is 11.5 Å². The van der Waals surface area contributed by atoms with Crippen LogP contribution in [-0.2, 0) is 14.2 Å². The molecule has 180 valence electrons. The van der Waals surface area contributed by atoms with Crippen molar-refractivity contribution in [3.63, 3.8) is 0 Å². The van der Waals surface area contributed by atoms with Gasteiger partial charge in [-0.15, -0.1) is 0 Å². The molecule has 35 heavy (non-hydrogen) atoms. The van der Waals surface area contributed by atoms with Crippen LogP contribution in [0.2, 0.25) is 0 Å². The van der Waals surface area contributed by atoms with Gasteiger partial charge < -0.3 is 23.7 Å². The average molecular weight is 472 g/mol. The van der Waals surface area contributed by atoms with Crippen molar-refractivity contribution in [1.82, 2.24) is 0 Å². The van der Waals surface area contributed by atoms with Crippen molar-refractivity contribution in [2.24, 2.45) is 4.99 Å². The molecule has 0 unspecified atom stereocenters. The zero-order valence-corrected chi connectivity index (χ0v) is 19.7. The summed E-state index contributed by atoms with van der Waals surface area (Å²) in [6, 6.07) is 24.8. The third-order valence-electron chi connectivity index (χ3n) is 5.76. The highest BCUT2D eigenvalue weighted by atomic mass is 16.6. The van der Waals surface area contributed by atoms with Crippen molar-refractivity contribution in [2.75, 3.05) is 52.9 Å². The minimum absolute atomic E-state index is 0.420. The number of nitrogens with zero attached hydrogens (tertiary/aromatic N) is 1. The molecule has 0 N–H and O–H groups in total.